The molecular formula is C11H18F2N4O. The summed E-state index contributed by atoms with van der Waals surface area (Å²) in [4.78, 5) is 15.1. The number of amides is 1. The van der Waals surface area contributed by atoms with Crippen LogP contribution in [0, 0.1) is 0 Å². The minimum Gasteiger partial charge on any atom is -0.356 e. The Hall–Kier alpha value is -1.50. The van der Waals surface area contributed by atoms with E-state index in [9.17, 15) is 13.6 Å². The summed E-state index contributed by atoms with van der Waals surface area (Å²) in [5, 5.41) is 5.65. The van der Waals surface area contributed by atoms with Gasteiger partial charge in [-0.05, 0) is 6.42 Å². The Morgan fingerprint density at radius 3 is 2.94 bits per heavy atom. The lowest BCUT2D eigenvalue weighted by molar-refractivity contribution is -0.121. The molecule has 0 radical (unpaired) electrons. The summed E-state index contributed by atoms with van der Waals surface area (Å²) in [7, 11) is 0. The Kier molecular flexibility index (Phi) is 6.27. The molecule has 1 aromatic rings. The molecule has 0 aliphatic carbocycles. The number of aromatic nitrogens is 2. The number of hydrogen-bond acceptors (Lipinski definition) is 3. The van der Waals surface area contributed by atoms with E-state index in [1.165, 1.54) is 12.4 Å². The third-order valence-electron chi connectivity index (χ3n) is 2.34. The first-order valence-corrected chi connectivity index (χ1v) is 5.92. The second-order valence-corrected chi connectivity index (χ2v) is 3.81. The first kappa shape index (κ1) is 14.6. The van der Waals surface area contributed by atoms with Crippen molar-refractivity contribution >= 4 is 5.91 Å². The zero-order chi connectivity index (χ0) is 13.4. The number of alkyl halides is 2. The van der Waals surface area contributed by atoms with E-state index >= 15 is 0 Å². The highest BCUT2D eigenvalue weighted by Gasteiger charge is 2.10. The van der Waals surface area contributed by atoms with Crippen molar-refractivity contribution in [3.63, 3.8) is 0 Å². The Bertz CT molecular complexity index is 368. The van der Waals surface area contributed by atoms with E-state index in [4.69, 9.17) is 0 Å². The summed E-state index contributed by atoms with van der Waals surface area (Å²) in [6.07, 6.45) is 3.78. The fourth-order valence-electron chi connectivity index (χ4n) is 1.41. The van der Waals surface area contributed by atoms with Gasteiger partial charge in [0.1, 0.15) is 5.82 Å². The van der Waals surface area contributed by atoms with Crippen LogP contribution in [0.1, 0.15) is 32.1 Å². The Balaban J connectivity index is 2.21. The maximum absolute atomic E-state index is 12.5. The van der Waals surface area contributed by atoms with Gasteiger partial charge in [0.25, 0.3) is 0 Å². The van der Waals surface area contributed by atoms with Gasteiger partial charge in [0.15, 0.2) is 0 Å². The molecule has 0 aliphatic heterocycles. The SMILES string of the molecule is CCCNC(=O)CCNCc1nccn1C(F)F. The van der Waals surface area contributed by atoms with E-state index < -0.39 is 6.55 Å². The Labute approximate surface area is 105 Å². The number of nitrogens with one attached hydrogen (secondary N) is 2. The zero-order valence-electron chi connectivity index (χ0n) is 10.3. The lowest BCUT2D eigenvalue weighted by Gasteiger charge is -2.07. The number of halogens is 2. The summed E-state index contributed by atoms with van der Waals surface area (Å²) >= 11 is 0. The lowest BCUT2D eigenvalue weighted by Crippen LogP contribution is -2.28. The van der Waals surface area contributed by atoms with Gasteiger partial charge in [0.2, 0.25) is 5.91 Å². The highest BCUT2D eigenvalue weighted by atomic mass is 19.3. The van der Waals surface area contributed by atoms with E-state index in [2.05, 4.69) is 15.6 Å². The predicted molar refractivity (Wildman–Crippen MR) is 63.1 cm³/mol. The maximum atomic E-state index is 12.5. The van der Waals surface area contributed by atoms with Crippen molar-refractivity contribution < 1.29 is 13.6 Å². The van der Waals surface area contributed by atoms with E-state index in [-0.39, 0.29) is 18.3 Å². The summed E-state index contributed by atoms with van der Waals surface area (Å²) < 4.78 is 25.7. The molecule has 5 nitrogen and oxygen atoms in total. The normalized spacial score (nSPS) is 10.9. The van der Waals surface area contributed by atoms with Gasteiger partial charge in [-0.25, -0.2) is 4.98 Å². The van der Waals surface area contributed by atoms with Gasteiger partial charge in [-0.3, -0.25) is 9.36 Å². The number of imidazole rings is 1. The van der Waals surface area contributed by atoms with Crippen LogP contribution < -0.4 is 10.6 Å². The van der Waals surface area contributed by atoms with Crippen LogP contribution in [0.15, 0.2) is 12.4 Å². The van der Waals surface area contributed by atoms with Gasteiger partial charge in [-0.2, -0.15) is 8.78 Å². The predicted octanol–water partition coefficient (Wildman–Crippen LogP) is 1.28. The van der Waals surface area contributed by atoms with E-state index in [0.717, 1.165) is 11.0 Å². The molecular weight excluding hydrogens is 242 g/mol. The second-order valence-electron chi connectivity index (χ2n) is 3.81. The van der Waals surface area contributed by atoms with E-state index in [1.54, 1.807) is 0 Å². The molecule has 7 heteroatoms. The average molecular weight is 260 g/mol. The summed E-state index contributed by atoms with van der Waals surface area (Å²) in [6.45, 7) is 0.707. The van der Waals surface area contributed by atoms with E-state index in [0.29, 0.717) is 19.5 Å². The summed E-state index contributed by atoms with van der Waals surface area (Å²) in [6, 6.07) is 0. The molecule has 0 spiro atoms. The van der Waals surface area contributed by atoms with Gasteiger partial charge >= 0.3 is 6.55 Å². The highest BCUT2D eigenvalue weighted by Crippen LogP contribution is 2.11. The lowest BCUT2D eigenvalue weighted by atomic mass is 10.3. The third kappa shape index (κ3) is 4.79. The standard InChI is InChI=1S/C11H18F2N4O/c1-2-4-16-10(18)3-5-14-8-9-15-6-7-17(9)11(12)13/h6-7,11,14H,2-5,8H2,1H3,(H,16,18). The highest BCUT2D eigenvalue weighted by molar-refractivity contribution is 5.75. The molecule has 1 rings (SSSR count). The molecule has 18 heavy (non-hydrogen) atoms. The van der Waals surface area contributed by atoms with Crippen LogP contribution in [0.25, 0.3) is 0 Å². The smallest absolute Gasteiger partial charge is 0.319 e. The van der Waals surface area contributed by atoms with Gasteiger partial charge in [0.05, 0.1) is 6.54 Å². The molecule has 0 atom stereocenters. The molecule has 0 bridgehead atoms. The number of carbonyl (C=O) groups is 1. The van der Waals surface area contributed by atoms with Crippen LogP contribution in [0.5, 0.6) is 0 Å². The van der Waals surface area contributed by atoms with Crippen molar-refractivity contribution in [2.24, 2.45) is 0 Å². The summed E-state index contributed by atoms with van der Waals surface area (Å²) in [5.41, 5.74) is 0. The minimum absolute atomic E-state index is 0.0402. The van der Waals surface area contributed by atoms with Crippen LogP contribution in [-0.4, -0.2) is 28.5 Å². The van der Waals surface area contributed by atoms with Crippen LogP contribution in [-0.2, 0) is 11.3 Å². The number of rotatable bonds is 8. The first-order valence-electron chi connectivity index (χ1n) is 5.92. The number of carbonyl (C=O) groups excluding carboxylic acids is 1. The van der Waals surface area contributed by atoms with Gasteiger partial charge in [-0.15, -0.1) is 0 Å². The van der Waals surface area contributed by atoms with Crippen molar-refractivity contribution in [2.75, 3.05) is 13.1 Å². The van der Waals surface area contributed by atoms with Crippen LogP contribution >= 0.6 is 0 Å². The number of nitrogens with zero attached hydrogens (tertiary/aromatic N) is 2. The number of hydrogen-bond donors (Lipinski definition) is 2. The van der Waals surface area contributed by atoms with Gasteiger partial charge < -0.3 is 10.6 Å². The van der Waals surface area contributed by atoms with E-state index in [1.807, 2.05) is 6.92 Å². The topological polar surface area (TPSA) is 59.0 Å². The van der Waals surface area contributed by atoms with Crippen LogP contribution in [0.4, 0.5) is 8.78 Å². The monoisotopic (exact) mass is 260 g/mol. The van der Waals surface area contributed by atoms with Crippen LogP contribution in [0.3, 0.4) is 0 Å². The molecule has 0 aromatic carbocycles. The summed E-state index contributed by atoms with van der Waals surface area (Å²) in [5.74, 6) is 0.223. The molecule has 2 N–H and O–H groups in total. The van der Waals surface area contributed by atoms with Crippen molar-refractivity contribution in [2.45, 2.75) is 32.9 Å². The van der Waals surface area contributed by atoms with Crippen LogP contribution in [0.2, 0.25) is 0 Å². The molecule has 102 valence electrons. The molecule has 0 aliphatic rings. The molecule has 1 aromatic heterocycles. The van der Waals surface area contributed by atoms with Crippen molar-refractivity contribution in [3.05, 3.63) is 18.2 Å². The zero-order valence-corrected chi connectivity index (χ0v) is 10.3. The van der Waals surface area contributed by atoms with Gasteiger partial charge in [0, 0.05) is 31.9 Å². The Morgan fingerprint density at radius 2 is 2.28 bits per heavy atom. The molecule has 0 saturated heterocycles. The fraction of sp³-hybridized carbons (Fsp3) is 0.636. The van der Waals surface area contributed by atoms with Crippen molar-refractivity contribution in [1.29, 1.82) is 0 Å². The minimum atomic E-state index is -2.59. The molecule has 0 unspecified atom stereocenters. The largest absolute Gasteiger partial charge is 0.356 e. The molecule has 0 saturated carbocycles. The third-order valence-corrected chi connectivity index (χ3v) is 2.34. The first-order chi connectivity index (χ1) is 8.65. The molecule has 1 amide bonds. The van der Waals surface area contributed by atoms with Crippen molar-refractivity contribution in [1.82, 2.24) is 20.2 Å². The van der Waals surface area contributed by atoms with Crippen molar-refractivity contribution in [3.8, 4) is 0 Å². The molecule has 1 heterocycles. The average Bonchev–Trinajstić information content (AvgIpc) is 2.80. The quantitative estimate of drug-likeness (QED) is 0.692. The molecule has 0 fully saturated rings. The van der Waals surface area contributed by atoms with Gasteiger partial charge in [-0.1, -0.05) is 6.92 Å². The second kappa shape index (κ2) is 7.75. The fourth-order valence-corrected chi connectivity index (χ4v) is 1.41. The Morgan fingerprint density at radius 1 is 1.50 bits per heavy atom. The maximum Gasteiger partial charge on any atom is 0.319 e.